The van der Waals surface area contributed by atoms with E-state index in [1.54, 1.807) is 0 Å². The van der Waals surface area contributed by atoms with Gasteiger partial charge in [-0.1, -0.05) is 121 Å². The molecule has 0 aliphatic carbocycles. The summed E-state index contributed by atoms with van der Waals surface area (Å²) in [5, 5.41) is 0. The average Bonchev–Trinajstić information content (AvgIpc) is 3.12. The maximum atomic E-state index is 2.55. The fourth-order valence-electron chi connectivity index (χ4n) is 4.59. The van der Waals surface area contributed by atoms with Gasteiger partial charge >= 0.3 is 0 Å². The Labute approximate surface area is 191 Å². The zero-order chi connectivity index (χ0) is 21.8. The molecule has 1 aliphatic rings. The predicted octanol–water partition coefficient (Wildman–Crippen LogP) is 6.88. The SMILES string of the molecule is CC1N(Cc2ccccc2)C(c2ccccc2)=C(c2ccccc2)N1Cc1ccccc1. The van der Waals surface area contributed by atoms with Crippen molar-refractivity contribution < 1.29 is 0 Å². The van der Waals surface area contributed by atoms with E-state index in [9.17, 15) is 0 Å². The molecule has 0 saturated heterocycles. The number of nitrogens with zero attached hydrogens (tertiary/aromatic N) is 2. The van der Waals surface area contributed by atoms with Crippen molar-refractivity contribution in [1.29, 1.82) is 0 Å². The monoisotopic (exact) mass is 416 g/mol. The van der Waals surface area contributed by atoms with Crippen molar-refractivity contribution in [3.8, 4) is 0 Å². The van der Waals surface area contributed by atoms with E-state index in [1.807, 2.05) is 0 Å². The normalized spacial score (nSPS) is 14.3. The van der Waals surface area contributed by atoms with Crippen LogP contribution in [0.2, 0.25) is 0 Å². The molecule has 0 atom stereocenters. The molecule has 2 nitrogen and oxygen atoms in total. The Morgan fingerprint density at radius 1 is 0.469 bits per heavy atom. The Morgan fingerprint density at radius 3 is 1.12 bits per heavy atom. The van der Waals surface area contributed by atoms with Gasteiger partial charge in [-0.05, 0) is 18.1 Å². The van der Waals surface area contributed by atoms with E-state index >= 15 is 0 Å². The molecule has 0 unspecified atom stereocenters. The zero-order valence-electron chi connectivity index (χ0n) is 18.4. The summed E-state index contributed by atoms with van der Waals surface area (Å²) in [5.41, 5.74) is 7.74. The molecule has 0 N–H and O–H groups in total. The van der Waals surface area contributed by atoms with Crippen molar-refractivity contribution in [3.63, 3.8) is 0 Å². The molecule has 158 valence electrons. The Balaban J connectivity index is 1.67. The minimum absolute atomic E-state index is 0.223. The van der Waals surface area contributed by atoms with Crippen molar-refractivity contribution >= 4 is 11.4 Å². The summed E-state index contributed by atoms with van der Waals surface area (Å²) in [6.45, 7) is 4.06. The van der Waals surface area contributed by atoms with Crippen LogP contribution in [0.5, 0.6) is 0 Å². The second-order valence-corrected chi connectivity index (χ2v) is 8.29. The van der Waals surface area contributed by atoms with Gasteiger partial charge in [-0.2, -0.15) is 0 Å². The molecule has 0 saturated carbocycles. The third-order valence-corrected chi connectivity index (χ3v) is 6.19. The largest absolute Gasteiger partial charge is 0.345 e. The Kier molecular flexibility index (Phi) is 5.76. The molecule has 0 radical (unpaired) electrons. The predicted molar refractivity (Wildman–Crippen MR) is 133 cm³/mol. The lowest BCUT2D eigenvalue weighted by molar-refractivity contribution is 0.172. The first-order valence-corrected chi connectivity index (χ1v) is 11.3. The smallest absolute Gasteiger partial charge is 0.0995 e. The third-order valence-electron chi connectivity index (χ3n) is 6.19. The molecule has 1 aliphatic heterocycles. The van der Waals surface area contributed by atoms with Crippen LogP contribution in [-0.2, 0) is 13.1 Å². The van der Waals surface area contributed by atoms with Gasteiger partial charge in [0.15, 0.2) is 0 Å². The highest BCUT2D eigenvalue weighted by Gasteiger charge is 2.36. The summed E-state index contributed by atoms with van der Waals surface area (Å²) in [6, 6.07) is 43.2. The van der Waals surface area contributed by atoms with Gasteiger partial charge < -0.3 is 9.80 Å². The van der Waals surface area contributed by atoms with Gasteiger partial charge in [-0.3, -0.25) is 0 Å². The first-order valence-electron chi connectivity index (χ1n) is 11.3. The molecule has 0 bridgehead atoms. The summed E-state index contributed by atoms with van der Waals surface area (Å²) >= 11 is 0. The van der Waals surface area contributed by atoms with Gasteiger partial charge in [0.05, 0.1) is 17.6 Å². The van der Waals surface area contributed by atoms with Crippen molar-refractivity contribution in [1.82, 2.24) is 9.80 Å². The lowest BCUT2D eigenvalue weighted by atomic mass is 10.0. The number of rotatable bonds is 6. The third kappa shape index (κ3) is 4.04. The molecule has 5 rings (SSSR count). The topological polar surface area (TPSA) is 6.48 Å². The molecule has 0 fully saturated rings. The molecule has 0 spiro atoms. The standard InChI is InChI=1S/C30H28N2/c1-24-31(22-25-14-6-2-7-15-25)29(27-18-10-4-11-19-27)30(28-20-12-5-13-21-28)32(24)23-26-16-8-3-9-17-26/h2-21,24H,22-23H2,1H3. The fourth-order valence-corrected chi connectivity index (χ4v) is 4.59. The van der Waals surface area contributed by atoms with Crippen LogP contribution in [0.15, 0.2) is 121 Å². The fraction of sp³-hybridized carbons (Fsp3) is 0.133. The average molecular weight is 417 g/mol. The Morgan fingerprint density at radius 2 is 0.781 bits per heavy atom. The molecule has 0 amide bonds. The first-order chi connectivity index (χ1) is 15.8. The van der Waals surface area contributed by atoms with E-state index in [0.29, 0.717) is 0 Å². The van der Waals surface area contributed by atoms with Crippen LogP contribution in [0.1, 0.15) is 29.2 Å². The minimum Gasteiger partial charge on any atom is -0.345 e. The number of hydrogen-bond acceptors (Lipinski definition) is 2. The molecule has 1 heterocycles. The van der Waals surface area contributed by atoms with Crippen LogP contribution < -0.4 is 0 Å². The Bertz CT molecular complexity index is 1070. The number of hydrogen-bond donors (Lipinski definition) is 0. The summed E-state index contributed by atoms with van der Waals surface area (Å²) in [4.78, 5) is 5.10. The van der Waals surface area contributed by atoms with Gasteiger partial charge in [0, 0.05) is 24.2 Å². The summed E-state index contributed by atoms with van der Waals surface area (Å²) in [7, 11) is 0. The van der Waals surface area contributed by atoms with Crippen molar-refractivity contribution in [3.05, 3.63) is 144 Å². The van der Waals surface area contributed by atoms with Crippen LogP contribution in [0.3, 0.4) is 0 Å². The molecular weight excluding hydrogens is 388 g/mol. The van der Waals surface area contributed by atoms with Gasteiger partial charge in [-0.15, -0.1) is 0 Å². The van der Waals surface area contributed by atoms with Crippen LogP contribution in [0.25, 0.3) is 11.4 Å². The van der Waals surface area contributed by atoms with Crippen LogP contribution >= 0.6 is 0 Å². The van der Waals surface area contributed by atoms with E-state index in [0.717, 1.165) is 13.1 Å². The highest BCUT2D eigenvalue weighted by atomic mass is 15.4. The van der Waals surface area contributed by atoms with E-state index in [2.05, 4.69) is 138 Å². The van der Waals surface area contributed by atoms with Crippen LogP contribution in [0.4, 0.5) is 0 Å². The quantitative estimate of drug-likeness (QED) is 0.338. The van der Waals surface area contributed by atoms with Gasteiger partial charge in [-0.25, -0.2) is 0 Å². The highest BCUT2D eigenvalue weighted by molar-refractivity contribution is 5.91. The minimum atomic E-state index is 0.223. The highest BCUT2D eigenvalue weighted by Crippen LogP contribution is 2.42. The van der Waals surface area contributed by atoms with Crippen molar-refractivity contribution in [2.45, 2.75) is 26.2 Å². The molecule has 0 aromatic heterocycles. The summed E-state index contributed by atoms with van der Waals surface area (Å²) < 4.78 is 0. The van der Waals surface area contributed by atoms with Crippen molar-refractivity contribution in [2.24, 2.45) is 0 Å². The van der Waals surface area contributed by atoms with Gasteiger partial charge in [0.25, 0.3) is 0 Å². The van der Waals surface area contributed by atoms with Gasteiger partial charge in [0.1, 0.15) is 0 Å². The van der Waals surface area contributed by atoms with E-state index < -0.39 is 0 Å². The maximum Gasteiger partial charge on any atom is 0.0995 e. The molecule has 32 heavy (non-hydrogen) atoms. The molecule has 2 heteroatoms. The van der Waals surface area contributed by atoms with E-state index in [-0.39, 0.29) is 6.17 Å². The maximum absolute atomic E-state index is 2.55. The lowest BCUT2D eigenvalue weighted by Crippen LogP contribution is -2.37. The molecular formula is C30H28N2. The zero-order valence-corrected chi connectivity index (χ0v) is 18.4. The van der Waals surface area contributed by atoms with Gasteiger partial charge in [0.2, 0.25) is 0 Å². The van der Waals surface area contributed by atoms with Crippen LogP contribution in [0, 0.1) is 0 Å². The second-order valence-electron chi connectivity index (χ2n) is 8.29. The Hall–Kier alpha value is -3.78. The summed E-state index contributed by atoms with van der Waals surface area (Å²) in [5.74, 6) is 0. The van der Waals surface area contributed by atoms with Crippen molar-refractivity contribution in [2.75, 3.05) is 0 Å². The first kappa shape index (κ1) is 20.1. The molecule has 4 aromatic carbocycles. The second kappa shape index (κ2) is 9.15. The molecule has 4 aromatic rings. The lowest BCUT2D eigenvalue weighted by Gasteiger charge is -2.33. The van der Waals surface area contributed by atoms with E-state index in [4.69, 9.17) is 0 Å². The number of benzene rings is 4. The summed E-state index contributed by atoms with van der Waals surface area (Å²) in [6.07, 6.45) is 0.223. The van der Waals surface area contributed by atoms with E-state index in [1.165, 1.54) is 33.6 Å². The van der Waals surface area contributed by atoms with Crippen LogP contribution in [-0.4, -0.2) is 16.0 Å².